The van der Waals surface area contributed by atoms with Gasteiger partial charge in [-0.05, 0) is 24.3 Å². The number of ketones is 2. The van der Waals surface area contributed by atoms with Gasteiger partial charge < -0.3 is 15.4 Å². The summed E-state index contributed by atoms with van der Waals surface area (Å²) in [5, 5.41) is 9.40. The van der Waals surface area contributed by atoms with Crippen molar-refractivity contribution in [2.45, 2.75) is 12.5 Å². The van der Waals surface area contributed by atoms with E-state index in [0.29, 0.717) is 10.6 Å². The monoisotopic (exact) mass is 375 g/mol. The lowest BCUT2D eigenvalue weighted by Crippen LogP contribution is -2.39. The number of carbonyl (C=O) groups is 3. The molecule has 0 heterocycles. The molecule has 2 aromatic rings. The maximum atomic E-state index is 13.5. The molecule has 3 N–H and O–H groups in total. The van der Waals surface area contributed by atoms with Crippen LogP contribution >= 0.6 is 7.37 Å². The van der Waals surface area contributed by atoms with Crippen molar-refractivity contribution < 1.29 is 28.6 Å². The number of nitrogens with two attached hydrogens (primary N) is 1. The Morgan fingerprint density at radius 2 is 1.42 bits per heavy atom. The number of carboxylic acid groups (broad SMARTS) is 1. The van der Waals surface area contributed by atoms with E-state index >= 15 is 0 Å². The van der Waals surface area contributed by atoms with Crippen molar-refractivity contribution in [2.24, 2.45) is 5.73 Å². The molecular formula is C18H18NO6P. The zero-order valence-electron chi connectivity index (χ0n) is 13.8. The number of rotatable bonds is 9. The van der Waals surface area contributed by atoms with Gasteiger partial charge >= 0.3 is 5.97 Å². The van der Waals surface area contributed by atoms with E-state index < -0.39 is 44.0 Å². The molecule has 8 heteroatoms. The van der Waals surface area contributed by atoms with Crippen molar-refractivity contribution in [3.05, 3.63) is 60.7 Å². The van der Waals surface area contributed by atoms with E-state index in [1.54, 1.807) is 60.7 Å². The first kappa shape index (κ1) is 19.7. The number of hydrogen-bond acceptors (Lipinski definition) is 6. The standard InChI is InChI=1S/C18H18NO6P/c19-15(11-17(21)22)18(23)16(20)12-25-26(24,13-7-3-1-4-8-13)14-9-5-2-6-10-14/h1-10,15H,11-12,19H2,(H,21,22)/t15-/m0/s1. The smallest absolute Gasteiger partial charge is 0.305 e. The average Bonchev–Trinajstić information content (AvgIpc) is 2.66. The third kappa shape index (κ3) is 4.73. The number of carbonyl (C=O) groups excluding carboxylic acids is 2. The van der Waals surface area contributed by atoms with Gasteiger partial charge in [0.25, 0.3) is 7.37 Å². The highest BCUT2D eigenvalue weighted by molar-refractivity contribution is 7.74. The Labute approximate surface area is 150 Å². The van der Waals surface area contributed by atoms with Gasteiger partial charge in [0.1, 0.15) is 6.61 Å². The highest BCUT2D eigenvalue weighted by Gasteiger charge is 2.31. The second-order valence-electron chi connectivity index (χ2n) is 5.49. The summed E-state index contributed by atoms with van der Waals surface area (Å²) in [6.07, 6.45) is -0.667. The van der Waals surface area contributed by atoms with Crippen LogP contribution in [0.5, 0.6) is 0 Å². The fraction of sp³-hybridized carbons (Fsp3) is 0.167. The van der Waals surface area contributed by atoms with Gasteiger partial charge in [0.15, 0.2) is 0 Å². The molecule has 0 unspecified atom stereocenters. The van der Waals surface area contributed by atoms with Crippen molar-refractivity contribution in [1.82, 2.24) is 0 Å². The molecule has 0 radical (unpaired) electrons. The molecule has 0 amide bonds. The van der Waals surface area contributed by atoms with Gasteiger partial charge in [0.2, 0.25) is 11.6 Å². The quantitative estimate of drug-likeness (QED) is 0.492. The largest absolute Gasteiger partial charge is 0.481 e. The fourth-order valence-electron chi connectivity index (χ4n) is 2.25. The summed E-state index contributed by atoms with van der Waals surface area (Å²) >= 11 is 0. The summed E-state index contributed by atoms with van der Waals surface area (Å²) in [5.41, 5.74) is 5.40. The summed E-state index contributed by atoms with van der Waals surface area (Å²) in [6, 6.07) is 15.2. The first-order valence-corrected chi connectivity index (χ1v) is 9.37. The van der Waals surface area contributed by atoms with Crippen molar-refractivity contribution in [2.75, 3.05) is 6.61 Å². The van der Waals surface area contributed by atoms with Crippen molar-refractivity contribution >= 4 is 35.5 Å². The van der Waals surface area contributed by atoms with Gasteiger partial charge in [-0.1, -0.05) is 36.4 Å². The van der Waals surface area contributed by atoms with E-state index in [1.165, 1.54) is 0 Å². The first-order valence-electron chi connectivity index (χ1n) is 7.75. The van der Waals surface area contributed by atoms with Crippen LogP contribution < -0.4 is 16.3 Å². The van der Waals surface area contributed by atoms with Gasteiger partial charge in [-0.15, -0.1) is 0 Å². The second-order valence-corrected chi connectivity index (χ2v) is 7.88. The lowest BCUT2D eigenvalue weighted by Gasteiger charge is -2.19. The molecule has 26 heavy (non-hydrogen) atoms. The minimum absolute atomic E-state index is 0.376. The molecule has 1 atom stereocenters. The predicted molar refractivity (Wildman–Crippen MR) is 96.0 cm³/mol. The van der Waals surface area contributed by atoms with E-state index in [9.17, 15) is 18.9 Å². The van der Waals surface area contributed by atoms with Crippen molar-refractivity contribution in [1.29, 1.82) is 0 Å². The molecule has 2 aromatic carbocycles. The maximum Gasteiger partial charge on any atom is 0.305 e. The lowest BCUT2D eigenvalue weighted by molar-refractivity contribution is -0.142. The minimum Gasteiger partial charge on any atom is -0.481 e. The summed E-state index contributed by atoms with van der Waals surface area (Å²) in [4.78, 5) is 34.5. The van der Waals surface area contributed by atoms with Crippen LogP contribution in [0.15, 0.2) is 60.7 Å². The van der Waals surface area contributed by atoms with Crippen molar-refractivity contribution in [3.63, 3.8) is 0 Å². The Bertz CT molecular complexity index is 794. The molecule has 136 valence electrons. The van der Waals surface area contributed by atoms with Crippen LogP contribution in [0.3, 0.4) is 0 Å². The molecule has 0 saturated heterocycles. The van der Waals surface area contributed by atoms with Crippen LogP contribution in [0.1, 0.15) is 6.42 Å². The molecule has 0 fully saturated rings. The predicted octanol–water partition coefficient (Wildman–Crippen LogP) is 0.872. The zero-order valence-corrected chi connectivity index (χ0v) is 14.7. The zero-order chi connectivity index (χ0) is 19.2. The average molecular weight is 375 g/mol. The van der Waals surface area contributed by atoms with E-state index in [-0.39, 0.29) is 0 Å². The molecule has 0 aliphatic heterocycles. The third-order valence-corrected chi connectivity index (χ3v) is 6.02. The van der Waals surface area contributed by atoms with E-state index in [4.69, 9.17) is 15.4 Å². The van der Waals surface area contributed by atoms with Crippen molar-refractivity contribution in [3.8, 4) is 0 Å². The fourth-order valence-corrected chi connectivity index (χ4v) is 4.28. The first-order chi connectivity index (χ1) is 12.3. The van der Waals surface area contributed by atoms with E-state index in [0.717, 1.165) is 0 Å². The summed E-state index contributed by atoms with van der Waals surface area (Å²) in [5.74, 6) is -3.38. The molecule has 0 saturated carbocycles. The molecule has 7 nitrogen and oxygen atoms in total. The third-order valence-electron chi connectivity index (χ3n) is 3.58. The van der Waals surface area contributed by atoms with Gasteiger partial charge in [-0.2, -0.15) is 0 Å². The Balaban J connectivity index is 2.21. The molecule has 0 aromatic heterocycles. The van der Waals surface area contributed by atoms with Crippen LogP contribution in [0, 0.1) is 0 Å². The highest BCUT2D eigenvalue weighted by Crippen LogP contribution is 2.44. The molecule has 0 bridgehead atoms. The lowest BCUT2D eigenvalue weighted by atomic mass is 10.1. The normalized spacial score (nSPS) is 12.3. The Morgan fingerprint density at radius 3 is 1.85 bits per heavy atom. The molecule has 0 aliphatic rings. The van der Waals surface area contributed by atoms with Gasteiger partial charge in [-0.3, -0.25) is 18.9 Å². The van der Waals surface area contributed by atoms with Crippen LogP contribution in [0.2, 0.25) is 0 Å². The summed E-state index contributed by atoms with van der Waals surface area (Å²) in [7, 11) is -3.61. The maximum absolute atomic E-state index is 13.5. The minimum atomic E-state index is -3.61. The SMILES string of the molecule is N[C@@H](CC(=O)O)C(=O)C(=O)COP(=O)(c1ccccc1)c1ccccc1. The molecule has 2 rings (SSSR count). The van der Waals surface area contributed by atoms with Crippen LogP contribution in [0.4, 0.5) is 0 Å². The Hall–Kier alpha value is -2.60. The number of Topliss-reactive ketones (excluding diaryl/α,β-unsaturated/α-hetero) is 2. The number of carboxylic acids is 1. The van der Waals surface area contributed by atoms with Crippen LogP contribution in [-0.4, -0.2) is 35.3 Å². The molecule has 0 aliphatic carbocycles. The number of aliphatic carboxylic acids is 1. The van der Waals surface area contributed by atoms with Gasteiger partial charge in [0, 0.05) is 10.6 Å². The number of benzene rings is 2. The Morgan fingerprint density at radius 1 is 0.962 bits per heavy atom. The van der Waals surface area contributed by atoms with E-state index in [1.807, 2.05) is 0 Å². The summed E-state index contributed by atoms with van der Waals surface area (Å²) in [6.45, 7) is -0.757. The van der Waals surface area contributed by atoms with E-state index in [2.05, 4.69) is 0 Å². The second kappa shape index (κ2) is 8.67. The van der Waals surface area contributed by atoms with Gasteiger partial charge in [-0.25, -0.2) is 0 Å². The Kier molecular flexibility index (Phi) is 6.58. The van der Waals surface area contributed by atoms with Gasteiger partial charge in [0.05, 0.1) is 12.5 Å². The summed E-state index contributed by atoms with van der Waals surface area (Å²) < 4.78 is 18.9. The van der Waals surface area contributed by atoms with Crippen LogP contribution in [-0.2, 0) is 23.5 Å². The van der Waals surface area contributed by atoms with Crippen LogP contribution in [0.25, 0.3) is 0 Å². The number of hydrogen-bond donors (Lipinski definition) is 2. The highest BCUT2D eigenvalue weighted by atomic mass is 31.2. The molecular weight excluding hydrogens is 357 g/mol. The molecule has 0 spiro atoms. The topological polar surface area (TPSA) is 124 Å².